The molecule has 4 atom stereocenters. The molecule has 2 heterocycles. The van der Waals surface area contributed by atoms with E-state index in [-0.39, 0.29) is 6.61 Å². The standard InChI is InChI=1S/C7H9NO5/c9-3-2-12-4-1-8-7(11)13-6(4)5(3)10/h1,3-6,9-10H,2H2/t3-,4-,5-,6-/m1/s1. The fourth-order valence-corrected chi connectivity index (χ4v) is 1.36. The highest BCUT2D eigenvalue weighted by Gasteiger charge is 2.42. The first-order chi connectivity index (χ1) is 6.18. The topological polar surface area (TPSA) is 88.4 Å². The van der Waals surface area contributed by atoms with Gasteiger partial charge in [-0.3, -0.25) is 0 Å². The number of carbonyl (C=O) groups excluding carboxylic acids is 1. The van der Waals surface area contributed by atoms with Crippen LogP contribution in [0.25, 0.3) is 0 Å². The molecule has 2 aliphatic rings. The molecule has 0 radical (unpaired) electrons. The van der Waals surface area contributed by atoms with Crippen LogP contribution in [-0.2, 0) is 9.47 Å². The van der Waals surface area contributed by atoms with Gasteiger partial charge in [-0.15, -0.1) is 0 Å². The number of nitrogens with zero attached hydrogens (tertiary/aromatic N) is 1. The third-order valence-corrected chi connectivity index (χ3v) is 2.08. The van der Waals surface area contributed by atoms with E-state index in [2.05, 4.69) is 4.99 Å². The Kier molecular flexibility index (Phi) is 2.03. The predicted octanol–water partition coefficient (Wildman–Crippen LogP) is -1.30. The van der Waals surface area contributed by atoms with E-state index >= 15 is 0 Å². The Balaban J connectivity index is 2.17. The summed E-state index contributed by atoms with van der Waals surface area (Å²) in [5.74, 6) is 0. The number of aliphatic hydroxyl groups excluding tert-OH is 2. The molecule has 2 N–H and O–H groups in total. The lowest BCUT2D eigenvalue weighted by molar-refractivity contribution is -0.168. The van der Waals surface area contributed by atoms with Crippen LogP contribution in [0.5, 0.6) is 0 Å². The number of fused-ring (bicyclic) bond motifs is 1. The number of hydrogen-bond acceptors (Lipinski definition) is 5. The number of aliphatic hydroxyl groups is 2. The van der Waals surface area contributed by atoms with Gasteiger partial charge < -0.3 is 19.7 Å². The molecule has 1 saturated heterocycles. The summed E-state index contributed by atoms with van der Waals surface area (Å²) < 4.78 is 9.78. The first-order valence-corrected chi connectivity index (χ1v) is 3.91. The van der Waals surface area contributed by atoms with Crippen molar-refractivity contribution in [3.63, 3.8) is 0 Å². The van der Waals surface area contributed by atoms with Crippen molar-refractivity contribution in [2.75, 3.05) is 6.61 Å². The second-order valence-corrected chi connectivity index (χ2v) is 2.98. The highest BCUT2D eigenvalue weighted by molar-refractivity contribution is 5.84. The van der Waals surface area contributed by atoms with Gasteiger partial charge in [0.25, 0.3) is 0 Å². The van der Waals surface area contributed by atoms with Crippen molar-refractivity contribution in [2.45, 2.75) is 24.4 Å². The van der Waals surface area contributed by atoms with Crippen LogP contribution in [0.4, 0.5) is 4.79 Å². The Morgan fingerprint density at radius 2 is 2.31 bits per heavy atom. The lowest BCUT2D eigenvalue weighted by Crippen LogP contribution is -2.56. The summed E-state index contributed by atoms with van der Waals surface area (Å²) in [6, 6.07) is 0. The summed E-state index contributed by atoms with van der Waals surface area (Å²) in [5.41, 5.74) is 0. The maximum absolute atomic E-state index is 10.7. The third kappa shape index (κ3) is 1.43. The molecule has 13 heavy (non-hydrogen) atoms. The van der Waals surface area contributed by atoms with Crippen LogP contribution in [0.15, 0.2) is 4.99 Å². The van der Waals surface area contributed by atoms with E-state index in [4.69, 9.17) is 9.47 Å². The molecule has 1 amide bonds. The number of amides is 1. The minimum Gasteiger partial charge on any atom is -0.439 e. The van der Waals surface area contributed by atoms with E-state index in [1.165, 1.54) is 6.21 Å². The number of carbonyl (C=O) groups is 1. The molecule has 72 valence electrons. The fraction of sp³-hybridized carbons (Fsp3) is 0.714. The van der Waals surface area contributed by atoms with Crippen LogP contribution < -0.4 is 0 Å². The predicted molar refractivity (Wildman–Crippen MR) is 40.5 cm³/mol. The molecule has 2 rings (SSSR count). The molecule has 0 aromatic rings. The number of ether oxygens (including phenoxy) is 2. The van der Waals surface area contributed by atoms with Crippen LogP contribution in [0.2, 0.25) is 0 Å². The SMILES string of the molecule is O=C1N=C[C@H]2OC[C@@H](O)[C@@H](O)[C@@H]2O1. The van der Waals surface area contributed by atoms with E-state index in [1.807, 2.05) is 0 Å². The maximum Gasteiger partial charge on any atom is 0.433 e. The lowest BCUT2D eigenvalue weighted by atomic mass is 10.0. The van der Waals surface area contributed by atoms with Crippen molar-refractivity contribution in [1.82, 2.24) is 0 Å². The smallest absolute Gasteiger partial charge is 0.433 e. The summed E-state index contributed by atoms with van der Waals surface area (Å²) in [7, 11) is 0. The molecular formula is C7H9NO5. The van der Waals surface area contributed by atoms with E-state index < -0.39 is 30.5 Å². The molecule has 0 aromatic heterocycles. The van der Waals surface area contributed by atoms with Crippen molar-refractivity contribution < 1.29 is 24.5 Å². The molecule has 0 unspecified atom stereocenters. The molecule has 1 fully saturated rings. The summed E-state index contributed by atoms with van der Waals surface area (Å²) in [5, 5.41) is 18.6. The summed E-state index contributed by atoms with van der Waals surface area (Å²) in [6.07, 6.45) is -2.98. The highest BCUT2D eigenvalue weighted by Crippen LogP contribution is 2.20. The minimum atomic E-state index is -1.10. The molecule has 0 bridgehead atoms. The zero-order valence-electron chi connectivity index (χ0n) is 6.66. The van der Waals surface area contributed by atoms with E-state index in [0.717, 1.165) is 0 Å². The zero-order valence-corrected chi connectivity index (χ0v) is 6.66. The average Bonchev–Trinajstić information content (AvgIpc) is 2.12. The van der Waals surface area contributed by atoms with Crippen molar-refractivity contribution in [3.05, 3.63) is 0 Å². The van der Waals surface area contributed by atoms with Gasteiger partial charge in [-0.25, -0.2) is 4.79 Å². The molecule has 0 spiro atoms. The average molecular weight is 187 g/mol. The summed E-state index contributed by atoms with van der Waals surface area (Å²) in [6.45, 7) is 0.0197. The molecule has 6 heteroatoms. The van der Waals surface area contributed by atoms with E-state index in [0.29, 0.717) is 0 Å². The highest BCUT2D eigenvalue weighted by atomic mass is 16.6. The van der Waals surface area contributed by atoms with Crippen LogP contribution >= 0.6 is 0 Å². The Morgan fingerprint density at radius 1 is 1.54 bits per heavy atom. The van der Waals surface area contributed by atoms with Gasteiger partial charge in [0.05, 0.1) is 6.61 Å². The van der Waals surface area contributed by atoms with Crippen molar-refractivity contribution >= 4 is 12.3 Å². The number of aliphatic imine (C=N–C) groups is 1. The Bertz CT molecular complexity index is 253. The van der Waals surface area contributed by atoms with Gasteiger partial charge in [0.1, 0.15) is 18.3 Å². The quantitative estimate of drug-likeness (QED) is 0.492. The molecular weight excluding hydrogens is 178 g/mol. The molecule has 6 nitrogen and oxygen atoms in total. The molecule has 0 aromatic carbocycles. The number of hydrogen-bond donors (Lipinski definition) is 2. The van der Waals surface area contributed by atoms with Crippen molar-refractivity contribution in [3.8, 4) is 0 Å². The second kappa shape index (κ2) is 3.06. The first-order valence-electron chi connectivity index (χ1n) is 3.91. The second-order valence-electron chi connectivity index (χ2n) is 2.98. The van der Waals surface area contributed by atoms with E-state index in [1.54, 1.807) is 0 Å². The van der Waals surface area contributed by atoms with Crippen LogP contribution in [0.3, 0.4) is 0 Å². The van der Waals surface area contributed by atoms with Crippen molar-refractivity contribution in [2.24, 2.45) is 4.99 Å². The van der Waals surface area contributed by atoms with Gasteiger partial charge in [-0.1, -0.05) is 0 Å². The Hall–Kier alpha value is -0.980. The first kappa shape index (κ1) is 8.61. The minimum absolute atomic E-state index is 0.0197. The van der Waals surface area contributed by atoms with Crippen LogP contribution in [0.1, 0.15) is 0 Å². The normalized spacial score (nSPS) is 44.0. The fourth-order valence-electron chi connectivity index (χ4n) is 1.36. The van der Waals surface area contributed by atoms with Gasteiger partial charge in [-0.2, -0.15) is 4.99 Å². The van der Waals surface area contributed by atoms with Crippen molar-refractivity contribution in [1.29, 1.82) is 0 Å². The maximum atomic E-state index is 10.7. The van der Waals surface area contributed by atoms with Gasteiger partial charge in [-0.05, 0) is 0 Å². The third-order valence-electron chi connectivity index (χ3n) is 2.08. The van der Waals surface area contributed by atoms with E-state index in [9.17, 15) is 15.0 Å². The number of rotatable bonds is 0. The molecule has 2 aliphatic heterocycles. The monoisotopic (exact) mass is 187 g/mol. The Morgan fingerprint density at radius 3 is 3.08 bits per heavy atom. The van der Waals surface area contributed by atoms with Gasteiger partial charge in [0.15, 0.2) is 6.10 Å². The van der Waals surface area contributed by atoms with Crippen LogP contribution in [-0.4, -0.2) is 53.5 Å². The zero-order chi connectivity index (χ0) is 9.42. The van der Waals surface area contributed by atoms with Gasteiger partial charge >= 0.3 is 6.09 Å². The summed E-state index contributed by atoms with van der Waals surface area (Å²) >= 11 is 0. The van der Waals surface area contributed by atoms with Gasteiger partial charge in [0.2, 0.25) is 0 Å². The largest absolute Gasteiger partial charge is 0.439 e. The molecule has 0 aliphatic carbocycles. The summed E-state index contributed by atoms with van der Waals surface area (Å²) in [4.78, 5) is 14.1. The van der Waals surface area contributed by atoms with Gasteiger partial charge in [0, 0.05) is 6.21 Å². The Labute approximate surface area is 73.8 Å². The lowest BCUT2D eigenvalue weighted by Gasteiger charge is -2.36. The molecule has 0 saturated carbocycles. The van der Waals surface area contributed by atoms with Crippen LogP contribution in [0, 0.1) is 0 Å².